The van der Waals surface area contributed by atoms with Gasteiger partial charge >= 0.3 is 0 Å². The molecule has 0 fully saturated rings. The Morgan fingerprint density at radius 2 is 1.85 bits per heavy atom. The Kier molecular flexibility index (Phi) is 4.85. The lowest BCUT2D eigenvalue weighted by Gasteiger charge is -2.12. The van der Waals surface area contributed by atoms with E-state index >= 15 is 0 Å². The molecule has 0 radical (unpaired) electrons. The molecule has 0 unspecified atom stereocenters. The number of methoxy groups -OCH3 is 1. The van der Waals surface area contributed by atoms with Gasteiger partial charge in [0.25, 0.3) is 0 Å². The van der Waals surface area contributed by atoms with Crippen molar-refractivity contribution in [2.45, 2.75) is 25.6 Å². The average Bonchev–Trinajstić information content (AvgIpc) is 2.47. The molecule has 0 aliphatic carbocycles. The van der Waals surface area contributed by atoms with Crippen molar-refractivity contribution in [1.82, 2.24) is 4.98 Å². The van der Waals surface area contributed by atoms with Crippen LogP contribution in [0.1, 0.15) is 31.0 Å². The number of para-hydroxylation sites is 2. The Balaban J connectivity index is 2.35. The number of alkyl halides is 1. The van der Waals surface area contributed by atoms with E-state index < -0.39 is 0 Å². The zero-order chi connectivity index (χ0) is 14.5. The highest BCUT2D eigenvalue weighted by atomic mass is 35.5. The molecule has 0 N–H and O–H groups in total. The summed E-state index contributed by atoms with van der Waals surface area (Å²) in [5, 5.41) is 0. The molecule has 1 aromatic carbocycles. The number of hydrogen-bond acceptors (Lipinski definition) is 3. The molecule has 1 heterocycles. The molecule has 0 saturated heterocycles. The Hall–Kier alpha value is -1.74. The van der Waals surface area contributed by atoms with Crippen molar-refractivity contribution in [3.05, 3.63) is 47.7 Å². The van der Waals surface area contributed by atoms with Crippen LogP contribution in [0.4, 0.5) is 0 Å². The van der Waals surface area contributed by atoms with E-state index in [-0.39, 0.29) is 0 Å². The molecule has 3 nitrogen and oxygen atoms in total. The van der Waals surface area contributed by atoms with Crippen LogP contribution in [-0.4, -0.2) is 12.1 Å². The maximum Gasteiger partial charge on any atom is 0.219 e. The zero-order valence-corrected chi connectivity index (χ0v) is 12.6. The molecule has 0 aliphatic heterocycles. The summed E-state index contributed by atoms with van der Waals surface area (Å²) < 4.78 is 11.1. The molecule has 0 atom stereocenters. The fraction of sp³-hybridized carbons (Fsp3) is 0.312. The van der Waals surface area contributed by atoms with Gasteiger partial charge in [-0.1, -0.05) is 26.0 Å². The molecule has 0 saturated carbocycles. The fourth-order valence-electron chi connectivity index (χ4n) is 1.82. The first-order chi connectivity index (χ1) is 9.63. The number of rotatable bonds is 5. The minimum Gasteiger partial charge on any atom is -0.493 e. The highest BCUT2D eigenvalue weighted by Crippen LogP contribution is 2.31. The second-order valence-corrected chi connectivity index (χ2v) is 5.05. The topological polar surface area (TPSA) is 31.4 Å². The van der Waals surface area contributed by atoms with Crippen LogP contribution in [0.2, 0.25) is 0 Å². The van der Waals surface area contributed by atoms with Crippen LogP contribution >= 0.6 is 11.6 Å². The van der Waals surface area contributed by atoms with Crippen molar-refractivity contribution < 1.29 is 9.47 Å². The smallest absolute Gasteiger partial charge is 0.219 e. The largest absolute Gasteiger partial charge is 0.493 e. The lowest BCUT2D eigenvalue weighted by Crippen LogP contribution is -1.98. The SMILES string of the molecule is COc1ccccc1Oc1cc(CCl)cc(C(C)C)n1. The molecule has 4 heteroatoms. The predicted octanol–water partition coefficient (Wildman–Crippen LogP) is 4.74. The Labute approximate surface area is 124 Å². The van der Waals surface area contributed by atoms with Crippen molar-refractivity contribution in [1.29, 1.82) is 0 Å². The minimum atomic E-state index is 0.318. The monoisotopic (exact) mass is 291 g/mol. The normalized spacial score (nSPS) is 10.7. The van der Waals surface area contributed by atoms with E-state index in [1.54, 1.807) is 7.11 Å². The van der Waals surface area contributed by atoms with Crippen LogP contribution in [0.3, 0.4) is 0 Å². The highest BCUT2D eigenvalue weighted by molar-refractivity contribution is 6.17. The van der Waals surface area contributed by atoms with Crippen LogP contribution in [-0.2, 0) is 5.88 Å². The summed E-state index contributed by atoms with van der Waals surface area (Å²) in [5.74, 6) is 2.61. The first kappa shape index (κ1) is 14.7. The number of halogens is 1. The number of hydrogen-bond donors (Lipinski definition) is 0. The van der Waals surface area contributed by atoms with Crippen molar-refractivity contribution in [3.8, 4) is 17.4 Å². The van der Waals surface area contributed by atoms with E-state index in [0.29, 0.717) is 29.2 Å². The Morgan fingerprint density at radius 1 is 1.15 bits per heavy atom. The molecular weight excluding hydrogens is 274 g/mol. The molecule has 106 valence electrons. The van der Waals surface area contributed by atoms with Gasteiger partial charge in [-0.05, 0) is 29.7 Å². The van der Waals surface area contributed by atoms with Gasteiger partial charge in [0.05, 0.1) is 7.11 Å². The Morgan fingerprint density at radius 3 is 2.45 bits per heavy atom. The van der Waals surface area contributed by atoms with Crippen molar-refractivity contribution >= 4 is 11.6 Å². The van der Waals surface area contributed by atoms with Gasteiger partial charge < -0.3 is 9.47 Å². The molecule has 0 bridgehead atoms. The van der Waals surface area contributed by atoms with Crippen LogP contribution in [0.25, 0.3) is 0 Å². The van der Waals surface area contributed by atoms with Crippen LogP contribution in [0.15, 0.2) is 36.4 Å². The molecule has 1 aromatic heterocycles. The lowest BCUT2D eigenvalue weighted by molar-refractivity contribution is 0.373. The van der Waals surface area contributed by atoms with E-state index in [2.05, 4.69) is 18.8 Å². The van der Waals surface area contributed by atoms with E-state index in [9.17, 15) is 0 Å². The van der Waals surface area contributed by atoms with Crippen molar-refractivity contribution in [2.75, 3.05) is 7.11 Å². The van der Waals surface area contributed by atoms with Gasteiger partial charge in [-0.25, -0.2) is 4.98 Å². The van der Waals surface area contributed by atoms with Gasteiger partial charge in [-0.3, -0.25) is 0 Å². The number of aromatic nitrogens is 1. The summed E-state index contributed by atoms with van der Waals surface area (Å²) in [6, 6.07) is 11.4. The van der Waals surface area contributed by atoms with Gasteiger partial charge in [-0.15, -0.1) is 11.6 Å². The third-order valence-electron chi connectivity index (χ3n) is 2.91. The van der Waals surface area contributed by atoms with E-state index in [1.165, 1.54) is 0 Å². The van der Waals surface area contributed by atoms with E-state index in [0.717, 1.165) is 11.3 Å². The van der Waals surface area contributed by atoms with Crippen LogP contribution in [0, 0.1) is 0 Å². The summed E-state index contributed by atoms with van der Waals surface area (Å²) in [6.45, 7) is 4.18. The number of nitrogens with zero attached hydrogens (tertiary/aromatic N) is 1. The van der Waals surface area contributed by atoms with Crippen LogP contribution in [0.5, 0.6) is 17.4 Å². The third-order valence-corrected chi connectivity index (χ3v) is 3.22. The molecule has 2 aromatic rings. The van der Waals surface area contributed by atoms with E-state index in [4.69, 9.17) is 21.1 Å². The van der Waals surface area contributed by atoms with Crippen molar-refractivity contribution in [3.63, 3.8) is 0 Å². The molecule has 0 aliphatic rings. The quantitative estimate of drug-likeness (QED) is 0.745. The molecule has 2 rings (SSSR count). The molecular formula is C16H18ClNO2. The first-order valence-electron chi connectivity index (χ1n) is 6.51. The first-order valence-corrected chi connectivity index (χ1v) is 7.05. The Bertz CT molecular complexity index is 584. The molecule has 0 spiro atoms. The third kappa shape index (κ3) is 3.42. The summed E-state index contributed by atoms with van der Waals surface area (Å²) in [4.78, 5) is 4.52. The average molecular weight is 292 g/mol. The summed E-state index contributed by atoms with van der Waals surface area (Å²) >= 11 is 5.93. The maximum absolute atomic E-state index is 5.93. The van der Waals surface area contributed by atoms with Gasteiger partial charge in [0.2, 0.25) is 5.88 Å². The van der Waals surface area contributed by atoms with Gasteiger partial charge in [0, 0.05) is 17.6 Å². The molecule has 0 amide bonds. The fourth-order valence-corrected chi connectivity index (χ4v) is 1.98. The van der Waals surface area contributed by atoms with Crippen molar-refractivity contribution in [2.24, 2.45) is 0 Å². The minimum absolute atomic E-state index is 0.318. The summed E-state index contributed by atoms with van der Waals surface area (Å²) in [7, 11) is 1.62. The van der Waals surface area contributed by atoms with Gasteiger partial charge in [0.1, 0.15) is 0 Å². The zero-order valence-electron chi connectivity index (χ0n) is 11.9. The summed E-state index contributed by atoms with van der Waals surface area (Å²) in [6.07, 6.45) is 0. The number of ether oxygens (including phenoxy) is 2. The second-order valence-electron chi connectivity index (χ2n) is 4.78. The standard InChI is InChI=1S/C16H18ClNO2/c1-11(2)13-8-12(10-17)9-16(18-13)20-15-7-5-4-6-14(15)19-3/h4-9,11H,10H2,1-3H3. The lowest BCUT2D eigenvalue weighted by atomic mass is 10.1. The maximum atomic E-state index is 5.93. The second kappa shape index (κ2) is 6.62. The van der Waals surface area contributed by atoms with Gasteiger partial charge in [0.15, 0.2) is 11.5 Å². The van der Waals surface area contributed by atoms with Crippen LogP contribution < -0.4 is 9.47 Å². The van der Waals surface area contributed by atoms with E-state index in [1.807, 2.05) is 36.4 Å². The molecule has 20 heavy (non-hydrogen) atoms. The summed E-state index contributed by atoms with van der Waals surface area (Å²) in [5.41, 5.74) is 1.96. The van der Waals surface area contributed by atoms with Gasteiger partial charge in [-0.2, -0.15) is 0 Å². The highest BCUT2D eigenvalue weighted by Gasteiger charge is 2.10. The number of benzene rings is 1. The predicted molar refractivity (Wildman–Crippen MR) is 81.0 cm³/mol. The number of pyridine rings is 1.